The van der Waals surface area contributed by atoms with Crippen molar-refractivity contribution in [2.24, 2.45) is 0 Å². The Balaban J connectivity index is 1.80. The fraction of sp³-hybridized carbons (Fsp3) is 0.429. The molecule has 0 aliphatic heterocycles. The van der Waals surface area contributed by atoms with Gasteiger partial charge in [0.2, 0.25) is 15.9 Å². The van der Waals surface area contributed by atoms with Gasteiger partial charge in [-0.15, -0.1) is 10.2 Å². The van der Waals surface area contributed by atoms with E-state index in [1.165, 1.54) is 22.1 Å². The van der Waals surface area contributed by atoms with Gasteiger partial charge in [0, 0.05) is 30.2 Å². The van der Waals surface area contributed by atoms with E-state index in [0.717, 1.165) is 11.4 Å². The van der Waals surface area contributed by atoms with Gasteiger partial charge in [-0.3, -0.25) is 9.20 Å². The Kier molecular flexibility index (Phi) is 7.21. The van der Waals surface area contributed by atoms with Gasteiger partial charge in [0.15, 0.2) is 5.16 Å². The highest BCUT2D eigenvalue weighted by molar-refractivity contribution is 8.00. The first kappa shape index (κ1) is 24.1. The van der Waals surface area contributed by atoms with Crippen molar-refractivity contribution in [3.63, 3.8) is 0 Å². The summed E-state index contributed by atoms with van der Waals surface area (Å²) in [6.45, 7) is 11.7. The molecule has 0 fully saturated rings. The molecule has 32 heavy (non-hydrogen) atoms. The zero-order valence-electron chi connectivity index (χ0n) is 19.1. The van der Waals surface area contributed by atoms with E-state index in [-0.39, 0.29) is 10.8 Å². The van der Waals surface area contributed by atoms with Crippen molar-refractivity contribution < 1.29 is 13.2 Å². The molecule has 0 spiro atoms. The predicted octanol–water partition coefficient (Wildman–Crippen LogP) is 3.20. The molecule has 0 saturated carbocycles. The smallest absolute Gasteiger partial charge is 0.256 e. The molecule has 2 aromatic heterocycles. The number of fused-ring (bicyclic) bond motifs is 1. The molecule has 11 heteroatoms. The van der Waals surface area contributed by atoms with Crippen molar-refractivity contribution in [2.75, 3.05) is 18.4 Å². The molecule has 1 amide bonds. The van der Waals surface area contributed by atoms with Crippen LogP contribution in [-0.4, -0.2) is 56.6 Å². The van der Waals surface area contributed by atoms with E-state index in [1.807, 2.05) is 24.3 Å². The first-order valence-electron chi connectivity index (χ1n) is 10.4. The van der Waals surface area contributed by atoms with Gasteiger partial charge in [-0.2, -0.15) is 4.31 Å². The highest BCUT2D eigenvalue weighted by Gasteiger charge is 2.25. The number of nitrogens with zero attached hydrogens (tertiary/aromatic N) is 5. The highest BCUT2D eigenvalue weighted by Crippen LogP contribution is 2.26. The lowest BCUT2D eigenvalue weighted by Crippen LogP contribution is -2.31. The summed E-state index contributed by atoms with van der Waals surface area (Å²) in [5.41, 5.74) is 2.83. The molecule has 0 radical (unpaired) electrons. The monoisotopic (exact) mass is 476 g/mol. The van der Waals surface area contributed by atoms with E-state index in [9.17, 15) is 13.2 Å². The first-order chi connectivity index (χ1) is 15.1. The highest BCUT2D eigenvalue weighted by atomic mass is 32.2. The summed E-state index contributed by atoms with van der Waals surface area (Å²) in [7, 11) is -3.64. The number of thioether (sulfide) groups is 1. The van der Waals surface area contributed by atoms with Crippen LogP contribution in [0.5, 0.6) is 0 Å². The normalized spacial score (nSPS) is 13.0. The molecule has 0 unspecified atom stereocenters. The van der Waals surface area contributed by atoms with E-state index in [0.29, 0.717) is 35.3 Å². The molecule has 0 saturated heterocycles. The molecule has 1 N–H and O–H groups in total. The molecular formula is C21H28N6O3S2. The van der Waals surface area contributed by atoms with Gasteiger partial charge in [0.1, 0.15) is 0 Å². The van der Waals surface area contributed by atoms with Gasteiger partial charge >= 0.3 is 0 Å². The van der Waals surface area contributed by atoms with E-state index in [2.05, 4.69) is 20.5 Å². The summed E-state index contributed by atoms with van der Waals surface area (Å²) >= 11 is 1.26. The average Bonchev–Trinajstić information content (AvgIpc) is 3.12. The third kappa shape index (κ3) is 4.79. The van der Waals surface area contributed by atoms with Crippen LogP contribution in [0.3, 0.4) is 0 Å². The number of hydrogen-bond donors (Lipinski definition) is 1. The van der Waals surface area contributed by atoms with E-state index < -0.39 is 15.3 Å². The Morgan fingerprint density at radius 1 is 1.16 bits per heavy atom. The summed E-state index contributed by atoms with van der Waals surface area (Å²) in [6.07, 6.45) is 0. The summed E-state index contributed by atoms with van der Waals surface area (Å²) < 4.78 is 29.1. The van der Waals surface area contributed by atoms with Crippen LogP contribution >= 0.6 is 11.8 Å². The number of aromatic nitrogens is 4. The molecule has 3 rings (SSSR count). The van der Waals surface area contributed by atoms with Crippen molar-refractivity contribution in [1.29, 1.82) is 0 Å². The molecular weight excluding hydrogens is 448 g/mol. The Morgan fingerprint density at radius 2 is 1.84 bits per heavy atom. The lowest BCUT2D eigenvalue weighted by Gasteiger charge is -2.20. The van der Waals surface area contributed by atoms with Crippen molar-refractivity contribution in [1.82, 2.24) is 23.9 Å². The number of benzene rings is 1. The summed E-state index contributed by atoms with van der Waals surface area (Å²) in [5.74, 6) is 0.224. The lowest BCUT2D eigenvalue weighted by molar-refractivity contribution is -0.115. The van der Waals surface area contributed by atoms with E-state index in [1.54, 1.807) is 39.8 Å². The molecule has 0 bridgehead atoms. The largest absolute Gasteiger partial charge is 0.325 e. The standard InChI is InChI=1S/C21H28N6O3S2/c1-7-26(8-2)32(29,30)18-12-17(10-9-13(18)3)23-19(28)16(6)31-21-25-24-20-22-14(4)11-15(5)27(20)21/h9-12,16H,7-8H2,1-6H3,(H,23,28)/t16-/m0/s1. The fourth-order valence-corrected chi connectivity index (χ4v) is 6.00. The fourth-order valence-electron chi connectivity index (χ4n) is 3.39. The minimum absolute atomic E-state index is 0.194. The number of carbonyl (C=O) groups is 1. The predicted molar refractivity (Wildman–Crippen MR) is 125 cm³/mol. The molecule has 9 nitrogen and oxygen atoms in total. The number of nitrogens with one attached hydrogen (secondary N) is 1. The van der Waals surface area contributed by atoms with Crippen LogP contribution in [0.4, 0.5) is 5.69 Å². The quantitative estimate of drug-likeness (QED) is 0.497. The van der Waals surface area contributed by atoms with Crippen molar-refractivity contribution in [3.8, 4) is 0 Å². The van der Waals surface area contributed by atoms with Crippen LogP contribution < -0.4 is 5.32 Å². The number of aryl methyl sites for hydroxylation is 3. The zero-order chi connectivity index (χ0) is 23.6. The number of rotatable bonds is 8. The number of anilines is 1. The van der Waals surface area contributed by atoms with Crippen LogP contribution in [0, 0.1) is 20.8 Å². The molecule has 0 aliphatic rings. The lowest BCUT2D eigenvalue weighted by atomic mass is 10.2. The van der Waals surface area contributed by atoms with Gasteiger partial charge < -0.3 is 5.32 Å². The number of carbonyl (C=O) groups excluding carboxylic acids is 1. The average molecular weight is 477 g/mol. The third-order valence-corrected chi connectivity index (χ3v) is 8.33. The van der Waals surface area contributed by atoms with Gasteiger partial charge in [-0.1, -0.05) is 31.7 Å². The summed E-state index contributed by atoms with van der Waals surface area (Å²) in [4.78, 5) is 17.4. The first-order valence-corrected chi connectivity index (χ1v) is 12.7. The molecule has 1 aromatic carbocycles. The van der Waals surface area contributed by atoms with Crippen molar-refractivity contribution >= 4 is 39.2 Å². The second-order valence-electron chi connectivity index (χ2n) is 7.48. The second kappa shape index (κ2) is 9.55. The molecule has 3 aromatic rings. The van der Waals surface area contributed by atoms with E-state index in [4.69, 9.17) is 0 Å². The van der Waals surface area contributed by atoms with Crippen LogP contribution in [-0.2, 0) is 14.8 Å². The van der Waals surface area contributed by atoms with Crippen LogP contribution in [0.25, 0.3) is 5.78 Å². The SMILES string of the molecule is CCN(CC)S(=O)(=O)c1cc(NC(=O)[C@H](C)Sc2nnc3nc(C)cc(C)n23)ccc1C. The third-order valence-electron chi connectivity index (χ3n) is 5.09. The minimum atomic E-state index is -3.64. The van der Waals surface area contributed by atoms with Gasteiger partial charge in [-0.25, -0.2) is 13.4 Å². The molecule has 2 heterocycles. The minimum Gasteiger partial charge on any atom is -0.325 e. The van der Waals surface area contributed by atoms with Gasteiger partial charge in [0.05, 0.1) is 10.1 Å². The number of amides is 1. The molecule has 0 aliphatic carbocycles. The van der Waals surface area contributed by atoms with Gasteiger partial charge in [0.25, 0.3) is 5.78 Å². The van der Waals surface area contributed by atoms with Gasteiger partial charge in [-0.05, 0) is 51.5 Å². The zero-order valence-corrected chi connectivity index (χ0v) is 20.7. The number of hydrogen-bond acceptors (Lipinski definition) is 7. The van der Waals surface area contributed by atoms with Crippen LogP contribution in [0.1, 0.15) is 37.7 Å². The summed E-state index contributed by atoms with van der Waals surface area (Å²) in [5, 5.41) is 11.2. The maximum Gasteiger partial charge on any atom is 0.256 e. The molecule has 1 atom stereocenters. The van der Waals surface area contributed by atoms with E-state index >= 15 is 0 Å². The van der Waals surface area contributed by atoms with Crippen LogP contribution in [0.15, 0.2) is 34.3 Å². The maximum atomic E-state index is 13.0. The Bertz CT molecular complexity index is 1250. The second-order valence-corrected chi connectivity index (χ2v) is 10.7. The Labute approximate surface area is 192 Å². The van der Waals surface area contributed by atoms with Crippen molar-refractivity contribution in [3.05, 3.63) is 41.2 Å². The Hall–Kier alpha value is -2.50. The van der Waals surface area contributed by atoms with Crippen LogP contribution in [0.2, 0.25) is 0 Å². The summed E-state index contributed by atoms with van der Waals surface area (Å²) in [6, 6.07) is 6.85. The Morgan fingerprint density at radius 3 is 2.50 bits per heavy atom. The topological polar surface area (TPSA) is 110 Å². The van der Waals surface area contributed by atoms with Crippen molar-refractivity contribution in [2.45, 2.75) is 56.8 Å². The maximum absolute atomic E-state index is 13.0. The number of sulfonamides is 1. The molecule has 172 valence electrons.